The minimum atomic E-state index is -0.0533. The van der Waals surface area contributed by atoms with Gasteiger partial charge in [0.25, 0.3) is 5.91 Å². The van der Waals surface area contributed by atoms with Crippen LogP contribution in [0.4, 0.5) is 5.69 Å². The highest BCUT2D eigenvalue weighted by molar-refractivity contribution is 6.10. The Hall–Kier alpha value is -2.87. The molecule has 2 heteroatoms. The van der Waals surface area contributed by atoms with E-state index in [1.807, 2.05) is 49.4 Å². The molecule has 0 atom stereocenters. The van der Waals surface area contributed by atoms with Crippen molar-refractivity contribution in [1.82, 2.24) is 0 Å². The zero-order chi connectivity index (χ0) is 15.8. The molecule has 1 N–H and O–H groups in total. The van der Waals surface area contributed by atoms with Gasteiger partial charge in [-0.2, -0.15) is 0 Å². The summed E-state index contributed by atoms with van der Waals surface area (Å²) in [7, 11) is 0. The number of hydrogen-bond donors (Lipinski definition) is 1. The van der Waals surface area contributed by atoms with E-state index in [1.165, 1.54) is 22.3 Å². The van der Waals surface area contributed by atoms with Gasteiger partial charge in [0.15, 0.2) is 0 Å². The Kier molecular flexibility index (Phi) is 3.23. The van der Waals surface area contributed by atoms with Gasteiger partial charge in [-0.05, 0) is 53.8 Å². The summed E-state index contributed by atoms with van der Waals surface area (Å²) >= 11 is 0. The second-order valence-corrected chi connectivity index (χ2v) is 5.99. The van der Waals surface area contributed by atoms with Crippen LogP contribution in [-0.2, 0) is 6.42 Å². The van der Waals surface area contributed by atoms with Crippen molar-refractivity contribution in [2.24, 2.45) is 0 Å². The van der Waals surface area contributed by atoms with Gasteiger partial charge in [-0.15, -0.1) is 0 Å². The van der Waals surface area contributed by atoms with Gasteiger partial charge in [-0.3, -0.25) is 4.79 Å². The lowest BCUT2D eigenvalue weighted by molar-refractivity contribution is 0.102. The maximum absolute atomic E-state index is 12.8. The number of hydrogen-bond acceptors (Lipinski definition) is 1. The predicted molar refractivity (Wildman–Crippen MR) is 93.8 cm³/mol. The summed E-state index contributed by atoms with van der Waals surface area (Å²) in [5.74, 6) is -0.0533. The fourth-order valence-corrected chi connectivity index (χ4v) is 3.21. The molecule has 0 unspecified atom stereocenters. The normalized spacial score (nSPS) is 11.7. The molecule has 0 spiro atoms. The number of carbonyl (C=O) groups is 1. The van der Waals surface area contributed by atoms with E-state index in [0.29, 0.717) is 0 Å². The Labute approximate surface area is 135 Å². The van der Waals surface area contributed by atoms with Crippen molar-refractivity contribution in [3.05, 3.63) is 89.0 Å². The molecule has 3 aromatic rings. The van der Waals surface area contributed by atoms with Crippen molar-refractivity contribution < 1.29 is 4.79 Å². The van der Waals surface area contributed by atoms with Crippen molar-refractivity contribution in [1.29, 1.82) is 0 Å². The average molecular weight is 299 g/mol. The molecule has 2 nitrogen and oxygen atoms in total. The van der Waals surface area contributed by atoms with Crippen LogP contribution in [-0.4, -0.2) is 5.91 Å². The number of aryl methyl sites for hydroxylation is 1. The first-order valence-electron chi connectivity index (χ1n) is 7.80. The molecule has 4 rings (SSSR count). The minimum absolute atomic E-state index is 0.0533. The summed E-state index contributed by atoms with van der Waals surface area (Å²) in [6.07, 6.45) is 0.900. The molecule has 1 aliphatic carbocycles. The number of benzene rings is 3. The zero-order valence-corrected chi connectivity index (χ0v) is 13.0. The lowest BCUT2D eigenvalue weighted by Crippen LogP contribution is -2.13. The van der Waals surface area contributed by atoms with Gasteiger partial charge in [0.1, 0.15) is 0 Å². The number of carbonyl (C=O) groups excluding carboxylic acids is 1. The number of amides is 1. The summed E-state index contributed by atoms with van der Waals surface area (Å²) in [4.78, 5) is 12.8. The van der Waals surface area contributed by atoms with Crippen LogP contribution in [0.15, 0.2) is 66.7 Å². The van der Waals surface area contributed by atoms with Gasteiger partial charge in [-0.1, -0.05) is 54.1 Å². The molecular weight excluding hydrogens is 282 g/mol. The van der Waals surface area contributed by atoms with E-state index >= 15 is 0 Å². The van der Waals surface area contributed by atoms with Crippen LogP contribution < -0.4 is 5.32 Å². The molecule has 0 saturated heterocycles. The second-order valence-electron chi connectivity index (χ2n) is 5.99. The fraction of sp³-hybridized carbons (Fsp3) is 0.0952. The first-order valence-corrected chi connectivity index (χ1v) is 7.80. The van der Waals surface area contributed by atoms with Crippen LogP contribution in [0, 0.1) is 6.92 Å². The van der Waals surface area contributed by atoms with Crippen LogP contribution in [0.2, 0.25) is 0 Å². The molecule has 1 aliphatic rings. The molecule has 0 bridgehead atoms. The zero-order valence-electron chi connectivity index (χ0n) is 13.0. The number of anilines is 1. The molecule has 1 amide bonds. The molecule has 0 aromatic heterocycles. The van der Waals surface area contributed by atoms with Gasteiger partial charge in [0.2, 0.25) is 0 Å². The Morgan fingerprint density at radius 3 is 2.43 bits per heavy atom. The maximum atomic E-state index is 12.8. The Morgan fingerprint density at radius 2 is 1.61 bits per heavy atom. The van der Waals surface area contributed by atoms with Crippen LogP contribution >= 0.6 is 0 Å². The summed E-state index contributed by atoms with van der Waals surface area (Å²) < 4.78 is 0. The molecule has 23 heavy (non-hydrogen) atoms. The SMILES string of the molecule is Cc1ccc(NC(=O)c2cccc3c2-c2ccccc2C3)cc1. The summed E-state index contributed by atoms with van der Waals surface area (Å²) in [6.45, 7) is 2.03. The molecule has 0 heterocycles. The molecule has 0 fully saturated rings. The largest absolute Gasteiger partial charge is 0.322 e. The van der Waals surface area contributed by atoms with Gasteiger partial charge < -0.3 is 5.32 Å². The lowest BCUT2D eigenvalue weighted by atomic mass is 9.99. The summed E-state index contributed by atoms with van der Waals surface area (Å²) in [6, 6.07) is 22.2. The first-order chi connectivity index (χ1) is 11.2. The van der Waals surface area contributed by atoms with E-state index in [2.05, 4.69) is 29.6 Å². The summed E-state index contributed by atoms with van der Waals surface area (Å²) in [5, 5.41) is 3.01. The molecule has 0 radical (unpaired) electrons. The third-order valence-corrected chi connectivity index (χ3v) is 4.37. The molecule has 0 aliphatic heterocycles. The van der Waals surface area contributed by atoms with Crippen LogP contribution in [0.25, 0.3) is 11.1 Å². The van der Waals surface area contributed by atoms with Crippen LogP contribution in [0.5, 0.6) is 0 Å². The molecule has 112 valence electrons. The van der Waals surface area contributed by atoms with Crippen molar-refractivity contribution in [2.75, 3.05) is 5.32 Å². The molecular formula is C21H17NO. The highest BCUT2D eigenvalue weighted by atomic mass is 16.1. The monoisotopic (exact) mass is 299 g/mol. The number of fused-ring (bicyclic) bond motifs is 3. The standard InChI is InChI=1S/C21H17NO/c1-14-9-11-17(12-10-14)22-21(23)19-8-4-6-16-13-15-5-2-3-7-18(15)20(16)19/h2-12H,13H2,1H3,(H,22,23). The maximum Gasteiger partial charge on any atom is 0.256 e. The second kappa shape index (κ2) is 5.40. The quantitative estimate of drug-likeness (QED) is 0.565. The van der Waals surface area contributed by atoms with E-state index in [-0.39, 0.29) is 5.91 Å². The van der Waals surface area contributed by atoms with Gasteiger partial charge in [-0.25, -0.2) is 0 Å². The van der Waals surface area contributed by atoms with Crippen molar-refractivity contribution in [3.8, 4) is 11.1 Å². The molecule has 3 aromatic carbocycles. The number of rotatable bonds is 2. The molecule has 0 saturated carbocycles. The third-order valence-electron chi connectivity index (χ3n) is 4.37. The van der Waals surface area contributed by atoms with Crippen molar-refractivity contribution in [3.63, 3.8) is 0 Å². The van der Waals surface area contributed by atoms with Gasteiger partial charge in [0.05, 0.1) is 0 Å². The first kappa shape index (κ1) is 13.8. The number of nitrogens with one attached hydrogen (secondary N) is 1. The highest BCUT2D eigenvalue weighted by Gasteiger charge is 2.23. The van der Waals surface area contributed by atoms with Crippen LogP contribution in [0.1, 0.15) is 27.0 Å². The van der Waals surface area contributed by atoms with Gasteiger partial charge in [0, 0.05) is 11.3 Å². The van der Waals surface area contributed by atoms with E-state index in [0.717, 1.165) is 23.2 Å². The van der Waals surface area contributed by atoms with E-state index in [4.69, 9.17) is 0 Å². The van der Waals surface area contributed by atoms with Crippen molar-refractivity contribution in [2.45, 2.75) is 13.3 Å². The Bertz CT molecular complexity index is 894. The van der Waals surface area contributed by atoms with E-state index in [1.54, 1.807) is 0 Å². The predicted octanol–water partition coefficient (Wildman–Crippen LogP) is 4.82. The Balaban J connectivity index is 1.73. The highest BCUT2D eigenvalue weighted by Crippen LogP contribution is 2.38. The minimum Gasteiger partial charge on any atom is -0.322 e. The summed E-state index contributed by atoms with van der Waals surface area (Å²) in [5.41, 5.74) is 7.51. The fourth-order valence-electron chi connectivity index (χ4n) is 3.21. The average Bonchev–Trinajstić information content (AvgIpc) is 2.95. The Morgan fingerprint density at radius 1 is 0.870 bits per heavy atom. The topological polar surface area (TPSA) is 29.1 Å². The van der Waals surface area contributed by atoms with Crippen molar-refractivity contribution >= 4 is 11.6 Å². The van der Waals surface area contributed by atoms with Crippen LogP contribution in [0.3, 0.4) is 0 Å². The van der Waals surface area contributed by atoms with E-state index in [9.17, 15) is 4.79 Å². The smallest absolute Gasteiger partial charge is 0.256 e. The third kappa shape index (κ3) is 2.42. The van der Waals surface area contributed by atoms with Gasteiger partial charge >= 0.3 is 0 Å². The van der Waals surface area contributed by atoms with E-state index < -0.39 is 0 Å². The lowest BCUT2D eigenvalue weighted by Gasteiger charge is -2.10.